The molecule has 9 heteroatoms. The number of hydrogen-bond acceptors (Lipinski definition) is 5. The maximum absolute atomic E-state index is 12.0. The third-order valence-electron chi connectivity index (χ3n) is 2.20. The lowest BCUT2D eigenvalue weighted by Crippen LogP contribution is -2.20. The Morgan fingerprint density at radius 1 is 1.45 bits per heavy atom. The molecule has 1 unspecified atom stereocenters. The van der Waals surface area contributed by atoms with E-state index in [1.54, 1.807) is 6.92 Å². The summed E-state index contributed by atoms with van der Waals surface area (Å²) in [6, 6.07) is 2.57. The van der Waals surface area contributed by atoms with E-state index in [2.05, 4.69) is 15.9 Å². The molecule has 1 aromatic carbocycles. The van der Waals surface area contributed by atoms with Crippen LogP contribution in [0.5, 0.6) is 0 Å². The SMILES string of the molecule is COCC(C)OC(=O)c1cc(Br)cc(S(=O)(=O)Cl)c1Cl. The Hall–Kier alpha value is -0.340. The van der Waals surface area contributed by atoms with Gasteiger partial charge in [0.2, 0.25) is 0 Å². The van der Waals surface area contributed by atoms with Crippen molar-refractivity contribution in [1.29, 1.82) is 0 Å². The van der Waals surface area contributed by atoms with Gasteiger partial charge in [-0.25, -0.2) is 13.2 Å². The Kier molecular flexibility index (Phi) is 6.27. The van der Waals surface area contributed by atoms with E-state index >= 15 is 0 Å². The van der Waals surface area contributed by atoms with Gasteiger partial charge in [-0.15, -0.1) is 0 Å². The van der Waals surface area contributed by atoms with Gasteiger partial charge in [-0.3, -0.25) is 0 Å². The van der Waals surface area contributed by atoms with E-state index in [1.165, 1.54) is 19.2 Å². The van der Waals surface area contributed by atoms with Crippen molar-refractivity contribution in [1.82, 2.24) is 0 Å². The number of carbonyl (C=O) groups excluding carboxylic acids is 1. The van der Waals surface area contributed by atoms with Crippen molar-refractivity contribution < 1.29 is 22.7 Å². The molecule has 112 valence electrons. The van der Waals surface area contributed by atoms with Crippen LogP contribution in [0.3, 0.4) is 0 Å². The molecule has 5 nitrogen and oxygen atoms in total. The van der Waals surface area contributed by atoms with Gasteiger partial charge in [0.15, 0.2) is 0 Å². The highest BCUT2D eigenvalue weighted by atomic mass is 79.9. The molecule has 0 fully saturated rings. The van der Waals surface area contributed by atoms with Crippen LogP contribution in [0.4, 0.5) is 0 Å². The van der Waals surface area contributed by atoms with Crippen molar-refractivity contribution in [2.75, 3.05) is 13.7 Å². The van der Waals surface area contributed by atoms with Gasteiger partial charge in [0.1, 0.15) is 11.0 Å². The van der Waals surface area contributed by atoms with Crippen molar-refractivity contribution in [2.45, 2.75) is 17.9 Å². The number of rotatable bonds is 5. The average molecular weight is 406 g/mol. The maximum atomic E-state index is 12.0. The molecule has 0 saturated heterocycles. The fourth-order valence-electron chi connectivity index (χ4n) is 1.41. The minimum Gasteiger partial charge on any atom is -0.457 e. The van der Waals surface area contributed by atoms with E-state index in [9.17, 15) is 13.2 Å². The van der Waals surface area contributed by atoms with Crippen molar-refractivity contribution in [3.63, 3.8) is 0 Å². The molecule has 1 rings (SSSR count). The van der Waals surface area contributed by atoms with Crippen molar-refractivity contribution >= 4 is 53.2 Å². The van der Waals surface area contributed by atoms with Gasteiger partial charge < -0.3 is 9.47 Å². The van der Waals surface area contributed by atoms with E-state index in [1.807, 2.05) is 0 Å². The van der Waals surface area contributed by atoms with E-state index in [-0.39, 0.29) is 22.1 Å². The highest BCUT2D eigenvalue weighted by molar-refractivity contribution is 9.10. The third kappa shape index (κ3) is 4.60. The minimum absolute atomic E-state index is 0.0942. The number of hydrogen-bond donors (Lipinski definition) is 0. The first-order valence-corrected chi connectivity index (χ1v) is 8.78. The zero-order valence-corrected chi connectivity index (χ0v) is 14.4. The average Bonchev–Trinajstić information content (AvgIpc) is 2.30. The first-order chi connectivity index (χ1) is 9.16. The van der Waals surface area contributed by atoms with Crippen LogP contribution in [-0.4, -0.2) is 34.2 Å². The highest BCUT2D eigenvalue weighted by Gasteiger charge is 2.24. The third-order valence-corrected chi connectivity index (χ3v) is 4.52. The molecule has 1 atom stereocenters. The lowest BCUT2D eigenvalue weighted by Gasteiger charge is -2.14. The van der Waals surface area contributed by atoms with E-state index in [0.717, 1.165) is 0 Å². The molecule has 0 amide bonds. The lowest BCUT2D eigenvalue weighted by atomic mass is 10.2. The van der Waals surface area contributed by atoms with Gasteiger partial charge in [-0.2, -0.15) is 0 Å². The minimum atomic E-state index is -4.07. The van der Waals surface area contributed by atoms with Crippen LogP contribution in [0.25, 0.3) is 0 Å². The van der Waals surface area contributed by atoms with Gasteiger partial charge in [0, 0.05) is 22.3 Å². The second-order valence-corrected chi connectivity index (χ2v) is 7.70. The Morgan fingerprint density at radius 2 is 2.05 bits per heavy atom. The monoisotopic (exact) mass is 404 g/mol. The van der Waals surface area contributed by atoms with Gasteiger partial charge in [0.25, 0.3) is 9.05 Å². The van der Waals surface area contributed by atoms with Gasteiger partial charge >= 0.3 is 5.97 Å². The second kappa shape index (κ2) is 7.09. The van der Waals surface area contributed by atoms with Crippen LogP contribution in [0.2, 0.25) is 5.02 Å². The summed E-state index contributed by atoms with van der Waals surface area (Å²) >= 11 is 8.99. The van der Waals surface area contributed by atoms with Crippen molar-refractivity contribution in [2.24, 2.45) is 0 Å². The first kappa shape index (κ1) is 17.7. The van der Waals surface area contributed by atoms with Gasteiger partial charge in [-0.1, -0.05) is 27.5 Å². The molecule has 0 spiro atoms. The molecule has 0 bridgehead atoms. The van der Waals surface area contributed by atoms with Crippen LogP contribution in [0, 0.1) is 0 Å². The number of methoxy groups -OCH3 is 1. The number of halogens is 3. The number of benzene rings is 1. The Labute approximate surface area is 134 Å². The van der Waals surface area contributed by atoms with Gasteiger partial charge in [0.05, 0.1) is 17.2 Å². The number of ether oxygens (including phenoxy) is 2. The van der Waals surface area contributed by atoms with Crippen LogP contribution in [-0.2, 0) is 18.5 Å². The maximum Gasteiger partial charge on any atom is 0.340 e. The normalized spacial score (nSPS) is 13.1. The summed E-state index contributed by atoms with van der Waals surface area (Å²) in [5.74, 6) is -0.762. The molecule has 0 N–H and O–H groups in total. The van der Waals surface area contributed by atoms with Crippen LogP contribution in [0.15, 0.2) is 21.5 Å². The van der Waals surface area contributed by atoms with E-state index in [4.69, 9.17) is 31.8 Å². The summed E-state index contributed by atoms with van der Waals surface area (Å²) in [7, 11) is 2.66. The molecule has 0 saturated carbocycles. The molecule has 0 aliphatic rings. The largest absolute Gasteiger partial charge is 0.457 e. The predicted molar refractivity (Wildman–Crippen MR) is 78.9 cm³/mol. The Bertz CT molecular complexity index is 617. The van der Waals surface area contributed by atoms with Crippen molar-refractivity contribution in [3.05, 3.63) is 27.2 Å². The molecule has 20 heavy (non-hydrogen) atoms. The fraction of sp³-hybridized carbons (Fsp3) is 0.364. The summed E-state index contributed by atoms with van der Waals surface area (Å²) in [6.07, 6.45) is -0.501. The second-order valence-electron chi connectivity index (χ2n) is 3.87. The van der Waals surface area contributed by atoms with Gasteiger partial charge in [-0.05, 0) is 19.1 Å². The molecule has 0 aliphatic carbocycles. The topological polar surface area (TPSA) is 69.7 Å². The predicted octanol–water partition coefficient (Wildman–Crippen LogP) is 3.22. The lowest BCUT2D eigenvalue weighted by molar-refractivity contribution is 0.0120. The molecule has 0 heterocycles. The molecule has 0 aromatic heterocycles. The van der Waals surface area contributed by atoms with Crippen molar-refractivity contribution in [3.8, 4) is 0 Å². The van der Waals surface area contributed by atoms with E-state index < -0.39 is 21.1 Å². The quantitative estimate of drug-likeness (QED) is 0.555. The summed E-state index contributed by atoms with van der Waals surface area (Å²) < 4.78 is 33.0. The van der Waals surface area contributed by atoms with Crippen LogP contribution in [0.1, 0.15) is 17.3 Å². The Morgan fingerprint density at radius 3 is 2.55 bits per heavy atom. The summed E-state index contributed by atoms with van der Waals surface area (Å²) in [5, 5.41) is -0.280. The van der Waals surface area contributed by atoms with E-state index in [0.29, 0.717) is 4.47 Å². The summed E-state index contributed by atoms with van der Waals surface area (Å²) in [5.41, 5.74) is -0.0942. The first-order valence-electron chi connectivity index (χ1n) is 5.30. The van der Waals surface area contributed by atoms with Crippen LogP contribution < -0.4 is 0 Å². The summed E-state index contributed by atoms with van der Waals surface area (Å²) in [4.78, 5) is 11.6. The molecule has 0 aliphatic heterocycles. The zero-order chi connectivity index (χ0) is 15.5. The smallest absolute Gasteiger partial charge is 0.340 e. The molecular weight excluding hydrogens is 395 g/mol. The van der Waals surface area contributed by atoms with Crippen LogP contribution >= 0.6 is 38.2 Å². The molecule has 0 radical (unpaired) electrons. The highest BCUT2D eigenvalue weighted by Crippen LogP contribution is 2.32. The number of carbonyl (C=O) groups is 1. The fourth-order valence-corrected chi connectivity index (χ4v) is 3.58. The molecular formula is C11H11BrCl2O5S. The molecule has 1 aromatic rings. The number of esters is 1. The zero-order valence-electron chi connectivity index (χ0n) is 10.5. The standard InChI is InChI=1S/C11H11BrCl2O5S/c1-6(5-18-2)19-11(15)8-3-7(12)4-9(10(8)13)20(14,16)17/h3-4,6H,5H2,1-2H3. The summed E-state index contributed by atoms with van der Waals surface area (Å²) in [6.45, 7) is 1.84. The Balaban J connectivity index is 3.19.